The number of hydrogen-bond acceptors (Lipinski definition) is 6. The number of anilines is 1. The molecule has 0 saturated heterocycles. The van der Waals surface area contributed by atoms with Gasteiger partial charge in [0.15, 0.2) is 11.5 Å². The number of fused-ring (bicyclic) bond motifs is 1. The van der Waals surface area contributed by atoms with Crippen molar-refractivity contribution >= 4 is 56.0 Å². The molecule has 0 aromatic heterocycles. The van der Waals surface area contributed by atoms with Crippen LogP contribution in [0.4, 0.5) is 5.69 Å². The topological polar surface area (TPSA) is 89.8 Å². The number of aryl methyl sites for hydroxylation is 1. The number of halogens is 2. The van der Waals surface area contributed by atoms with Crippen LogP contribution in [0, 0.1) is 18.3 Å². The van der Waals surface area contributed by atoms with E-state index in [4.69, 9.17) is 30.5 Å². The highest BCUT2D eigenvalue weighted by Gasteiger charge is 2.18. The van der Waals surface area contributed by atoms with Crippen molar-refractivity contribution in [1.82, 2.24) is 0 Å². The van der Waals surface area contributed by atoms with Gasteiger partial charge in [-0.15, -0.1) is 0 Å². The van der Waals surface area contributed by atoms with Gasteiger partial charge in [-0.25, -0.2) is 0 Å². The largest absolute Gasteiger partial charge is 0.495 e. The summed E-state index contributed by atoms with van der Waals surface area (Å²) in [6, 6.07) is 20.8. The number of ether oxygens (including phenoxy) is 4. The SMILES string of the molecule is COc1cc(NC(=O)/C(C#N)=C/c2cc(Br)c(OCc3c(C)ccc4ccccc34)c(OC)c2)c(OC)cc1Cl. The minimum atomic E-state index is -0.632. The minimum absolute atomic E-state index is 0.134. The summed E-state index contributed by atoms with van der Waals surface area (Å²) < 4.78 is 23.0. The molecule has 4 rings (SSSR count). The molecule has 0 aliphatic heterocycles. The first-order chi connectivity index (χ1) is 19.3. The number of rotatable bonds is 9. The molecule has 204 valence electrons. The fraction of sp³-hybridized carbons (Fsp3) is 0.161. The number of nitrogens with one attached hydrogen (secondary N) is 1. The Balaban J connectivity index is 1.60. The molecule has 4 aromatic carbocycles. The highest BCUT2D eigenvalue weighted by Crippen LogP contribution is 2.39. The first-order valence-corrected chi connectivity index (χ1v) is 13.3. The highest BCUT2D eigenvalue weighted by atomic mass is 79.9. The second-order valence-corrected chi connectivity index (χ2v) is 9.98. The van der Waals surface area contributed by atoms with Gasteiger partial charge < -0.3 is 24.3 Å². The van der Waals surface area contributed by atoms with Gasteiger partial charge in [0.25, 0.3) is 5.91 Å². The Hall–Kier alpha value is -4.19. The second-order valence-electron chi connectivity index (χ2n) is 8.72. The molecule has 1 amide bonds. The number of benzene rings is 4. The van der Waals surface area contributed by atoms with E-state index in [1.54, 1.807) is 12.1 Å². The molecule has 0 bridgehead atoms. The summed E-state index contributed by atoms with van der Waals surface area (Å²) in [5.74, 6) is 0.993. The van der Waals surface area contributed by atoms with E-state index in [1.807, 2.05) is 18.2 Å². The van der Waals surface area contributed by atoms with Gasteiger partial charge in [-0.3, -0.25) is 4.79 Å². The van der Waals surface area contributed by atoms with Crippen molar-refractivity contribution in [1.29, 1.82) is 5.26 Å². The lowest BCUT2D eigenvalue weighted by atomic mass is 10.0. The first kappa shape index (κ1) is 28.8. The zero-order valence-electron chi connectivity index (χ0n) is 22.3. The van der Waals surface area contributed by atoms with E-state index >= 15 is 0 Å². The standard InChI is InChI=1S/C31H26BrClN2O5/c1-18-9-10-20-7-5-6-8-22(20)23(18)17-40-30-24(32)12-19(13-29(30)39-4)11-21(16-34)31(36)35-26-15-27(37-2)25(33)14-28(26)38-3/h5-15H,17H2,1-4H3,(H,35,36)/b21-11+. The summed E-state index contributed by atoms with van der Waals surface area (Å²) in [7, 11) is 4.44. The van der Waals surface area contributed by atoms with Crippen LogP contribution < -0.4 is 24.3 Å². The molecule has 0 unspecified atom stereocenters. The third kappa shape index (κ3) is 6.17. The molecule has 0 atom stereocenters. The molecule has 0 fully saturated rings. The van der Waals surface area contributed by atoms with E-state index in [9.17, 15) is 10.1 Å². The van der Waals surface area contributed by atoms with Gasteiger partial charge in [-0.05, 0) is 63.0 Å². The molecule has 0 radical (unpaired) electrons. The van der Waals surface area contributed by atoms with E-state index in [-0.39, 0.29) is 5.57 Å². The van der Waals surface area contributed by atoms with Crippen LogP contribution in [0.3, 0.4) is 0 Å². The first-order valence-electron chi connectivity index (χ1n) is 12.1. The van der Waals surface area contributed by atoms with E-state index in [0.29, 0.717) is 50.4 Å². The van der Waals surface area contributed by atoms with Crippen molar-refractivity contribution in [3.05, 3.63) is 92.4 Å². The summed E-state index contributed by atoms with van der Waals surface area (Å²) in [5, 5.41) is 15.0. The molecule has 1 N–H and O–H groups in total. The van der Waals surface area contributed by atoms with Crippen molar-refractivity contribution in [3.8, 4) is 29.1 Å². The molecule has 4 aromatic rings. The molecule has 0 aliphatic rings. The van der Waals surface area contributed by atoms with Crippen LogP contribution in [0.5, 0.6) is 23.0 Å². The molecule has 0 saturated carbocycles. The molecule has 0 heterocycles. The normalized spacial score (nSPS) is 11.1. The number of carbonyl (C=O) groups excluding carboxylic acids is 1. The predicted octanol–water partition coefficient (Wildman–Crippen LogP) is 7.71. The highest BCUT2D eigenvalue weighted by molar-refractivity contribution is 9.10. The van der Waals surface area contributed by atoms with Crippen LogP contribution in [0.2, 0.25) is 5.02 Å². The summed E-state index contributed by atoms with van der Waals surface area (Å²) in [6.45, 7) is 2.38. The van der Waals surface area contributed by atoms with E-state index in [2.05, 4.69) is 52.4 Å². The Morgan fingerprint density at radius 2 is 1.73 bits per heavy atom. The molecule has 0 aliphatic carbocycles. The van der Waals surface area contributed by atoms with Gasteiger partial charge in [-0.2, -0.15) is 5.26 Å². The maximum atomic E-state index is 13.0. The lowest BCUT2D eigenvalue weighted by Crippen LogP contribution is -2.14. The predicted molar refractivity (Wildman–Crippen MR) is 160 cm³/mol. The second kappa shape index (κ2) is 12.8. The summed E-state index contributed by atoms with van der Waals surface area (Å²) in [5.41, 5.74) is 2.93. The van der Waals surface area contributed by atoms with Crippen LogP contribution in [0.15, 0.2) is 70.7 Å². The van der Waals surface area contributed by atoms with Gasteiger partial charge in [0.1, 0.15) is 29.7 Å². The Morgan fingerprint density at radius 1 is 1.00 bits per heavy atom. The van der Waals surface area contributed by atoms with Crippen LogP contribution in [-0.4, -0.2) is 27.2 Å². The van der Waals surface area contributed by atoms with Gasteiger partial charge >= 0.3 is 0 Å². The average Bonchev–Trinajstić information content (AvgIpc) is 2.96. The van der Waals surface area contributed by atoms with E-state index in [0.717, 1.165) is 21.9 Å². The summed E-state index contributed by atoms with van der Waals surface area (Å²) in [6.07, 6.45) is 1.46. The van der Waals surface area contributed by atoms with Crippen LogP contribution in [0.25, 0.3) is 16.8 Å². The Kier molecular flexibility index (Phi) is 9.20. The number of hydrogen-bond donors (Lipinski definition) is 1. The molecule has 40 heavy (non-hydrogen) atoms. The van der Waals surface area contributed by atoms with Gasteiger partial charge in [0.05, 0.1) is 36.5 Å². The van der Waals surface area contributed by atoms with Crippen molar-refractivity contribution < 1.29 is 23.7 Å². The Bertz CT molecular complexity index is 1660. The molecular weight excluding hydrogens is 596 g/mol. The third-order valence-corrected chi connectivity index (χ3v) is 7.17. The fourth-order valence-corrected chi connectivity index (χ4v) is 5.01. The number of methoxy groups -OCH3 is 3. The molecular formula is C31H26BrClN2O5. The fourth-order valence-electron chi connectivity index (χ4n) is 4.21. The van der Waals surface area contributed by atoms with E-state index in [1.165, 1.54) is 39.5 Å². The Morgan fingerprint density at radius 3 is 2.42 bits per heavy atom. The van der Waals surface area contributed by atoms with Gasteiger partial charge in [0, 0.05) is 17.7 Å². The summed E-state index contributed by atoms with van der Waals surface area (Å²) in [4.78, 5) is 13.0. The minimum Gasteiger partial charge on any atom is -0.495 e. The average molecular weight is 622 g/mol. The maximum absolute atomic E-state index is 13.0. The van der Waals surface area contributed by atoms with Crippen LogP contribution in [0.1, 0.15) is 16.7 Å². The zero-order chi connectivity index (χ0) is 28.8. The van der Waals surface area contributed by atoms with Crippen molar-refractivity contribution in [3.63, 3.8) is 0 Å². The zero-order valence-corrected chi connectivity index (χ0v) is 24.6. The molecule has 9 heteroatoms. The smallest absolute Gasteiger partial charge is 0.266 e. The van der Waals surface area contributed by atoms with Gasteiger partial charge in [0.2, 0.25) is 0 Å². The van der Waals surface area contributed by atoms with E-state index < -0.39 is 5.91 Å². The van der Waals surface area contributed by atoms with Crippen LogP contribution >= 0.6 is 27.5 Å². The number of carbonyl (C=O) groups is 1. The number of nitrogens with zero attached hydrogens (tertiary/aromatic N) is 1. The summed E-state index contributed by atoms with van der Waals surface area (Å²) >= 11 is 9.72. The van der Waals surface area contributed by atoms with Crippen molar-refractivity contribution in [2.45, 2.75) is 13.5 Å². The number of nitriles is 1. The Labute approximate surface area is 246 Å². The van der Waals surface area contributed by atoms with Crippen LogP contribution in [-0.2, 0) is 11.4 Å². The number of amides is 1. The lowest BCUT2D eigenvalue weighted by Gasteiger charge is -2.16. The molecule has 0 spiro atoms. The monoisotopic (exact) mass is 620 g/mol. The third-order valence-electron chi connectivity index (χ3n) is 6.29. The van der Waals surface area contributed by atoms with Crippen molar-refractivity contribution in [2.75, 3.05) is 26.6 Å². The quantitative estimate of drug-likeness (QED) is 0.152. The maximum Gasteiger partial charge on any atom is 0.266 e. The molecule has 7 nitrogen and oxygen atoms in total. The van der Waals surface area contributed by atoms with Crippen molar-refractivity contribution in [2.24, 2.45) is 0 Å². The van der Waals surface area contributed by atoms with Gasteiger partial charge in [-0.1, -0.05) is 48.0 Å². The lowest BCUT2D eigenvalue weighted by molar-refractivity contribution is -0.112.